The van der Waals surface area contributed by atoms with Gasteiger partial charge in [-0.15, -0.1) is 0 Å². The Kier molecular flexibility index (Phi) is 34.2. The number of carbonyl (C=O) groups is 2. The smallest absolute Gasteiger partial charge is 0.255 e. The van der Waals surface area contributed by atoms with E-state index in [0.29, 0.717) is 6.26 Å². The molecule has 0 bridgehead atoms. The molecule has 0 saturated carbocycles. The standard InChI is InChI=1S/C15H18N3O.C14H16N3.2C14H14N2.2C2H4O2.CH4O4S.ClH/c1-17-10-8-13(9-11-17)12-16-18(2)14-4-6-15(19-3)7-5-14;1-16-10-8-13(9-11-16)12-15-17(2)14-6-4-3-5-7-14;1-16-10-8-13(9-11-16)3-2-12-4-6-14(15)7-5-12;1-16-11-3-2-4-14(16)10-7-12-5-8-13(15)9-6-12;2*1-2(3)4;1-6(3,4)5-2;/h4-12H,1-3H3;3-12H,1-2H3;2*2-11,15H,1H3;2*1H3,(H,3,4);2H,1H3;1H/q2*+1;;;;;;/p-2. The average Bonchev–Trinajstić information content (AvgIpc) is 3.47. The van der Waals surface area contributed by atoms with Crippen molar-refractivity contribution in [3.63, 3.8) is 0 Å². The van der Waals surface area contributed by atoms with Gasteiger partial charge in [-0.2, -0.15) is 10.2 Å². The number of nitrogens with two attached hydrogens (primary N) is 2. The van der Waals surface area contributed by atoms with Crippen molar-refractivity contribution in [1.29, 1.82) is 0 Å². The van der Waals surface area contributed by atoms with Gasteiger partial charge in [0.05, 0.1) is 37.2 Å². The summed E-state index contributed by atoms with van der Waals surface area (Å²) in [6, 6.07) is 51.9. The second kappa shape index (κ2) is 39.7. The molecule has 0 aliphatic heterocycles. The van der Waals surface area contributed by atoms with E-state index in [9.17, 15) is 8.42 Å². The highest BCUT2D eigenvalue weighted by Gasteiger charge is 2.01. The monoisotopic (exact) mass is 1170 g/mol. The molecular formula is C62H73ClN10O9S. The topological polar surface area (TPSA) is 255 Å². The molecule has 0 aliphatic carbocycles. The molecule has 4 aromatic carbocycles. The SMILES string of the molecule is CC(=O)[O-].CC(=O)[O-].CN(N=Cc1cc[n+](C)cc1)c1ccccc1.COc1ccc(N(C)N=Cc2cc[n+](C)cc2)cc1.CS(=O)(=O)O[O-].C[n+]1ccc(C=Cc2ccc(N)cc2)cc1.C[n+]1ccccc1C=Cc1ccc(N)cc1.[Cl-]. The number of nitrogen functional groups attached to an aromatic ring is 2. The highest BCUT2D eigenvalue weighted by Crippen LogP contribution is 2.18. The van der Waals surface area contributed by atoms with E-state index in [4.69, 9.17) is 41.3 Å². The third-order valence-electron chi connectivity index (χ3n) is 10.4. The molecular weight excluding hydrogens is 1100 g/mol. The maximum Gasteiger partial charge on any atom is 0.255 e. The molecule has 19 nitrogen and oxygen atoms in total. The molecule has 0 radical (unpaired) electrons. The molecule has 0 saturated heterocycles. The van der Waals surface area contributed by atoms with Crippen LogP contribution in [0.4, 0.5) is 22.7 Å². The van der Waals surface area contributed by atoms with E-state index in [1.54, 1.807) is 7.11 Å². The number of aryl methyl sites for hydroxylation is 4. The number of rotatable bonds is 12. The van der Waals surface area contributed by atoms with Crippen molar-refractivity contribution >= 4 is 81.5 Å². The van der Waals surface area contributed by atoms with Crippen LogP contribution in [0.15, 0.2) is 211 Å². The van der Waals surface area contributed by atoms with Gasteiger partial charge >= 0.3 is 0 Å². The summed E-state index contributed by atoms with van der Waals surface area (Å²) in [7, 11) is 9.82. The van der Waals surface area contributed by atoms with Gasteiger partial charge in [0, 0.05) is 103 Å². The first-order valence-electron chi connectivity index (χ1n) is 25.0. The molecule has 0 aliphatic rings. The van der Waals surface area contributed by atoms with Crippen molar-refractivity contribution in [3.8, 4) is 5.75 Å². The third-order valence-corrected chi connectivity index (χ3v) is 10.6. The number of hydrazone groups is 2. The number of methoxy groups -OCH3 is 1. The number of carbonyl (C=O) groups excluding carboxylic acids is 2. The molecule has 8 rings (SSSR count). The number of anilines is 4. The number of hydrogen-bond donors (Lipinski definition) is 2. The summed E-state index contributed by atoms with van der Waals surface area (Å²) >= 11 is 0. The number of carboxylic acid groups (broad SMARTS) is 2. The molecule has 0 fully saturated rings. The highest BCUT2D eigenvalue weighted by molar-refractivity contribution is 7.85. The average molecular weight is 1170 g/mol. The fourth-order valence-corrected chi connectivity index (χ4v) is 6.00. The lowest BCUT2D eigenvalue weighted by molar-refractivity contribution is -0.673. The number of carboxylic acids is 2. The molecule has 4 heterocycles. The van der Waals surface area contributed by atoms with E-state index in [0.717, 1.165) is 64.6 Å². The second-order valence-electron chi connectivity index (χ2n) is 17.5. The van der Waals surface area contributed by atoms with Gasteiger partial charge in [-0.05, 0) is 103 Å². The number of para-hydroxylation sites is 1. The van der Waals surface area contributed by atoms with Gasteiger partial charge in [-0.25, -0.2) is 26.7 Å². The largest absolute Gasteiger partial charge is 1.00 e. The van der Waals surface area contributed by atoms with Crippen LogP contribution < -0.4 is 72.4 Å². The lowest BCUT2D eigenvalue weighted by Crippen LogP contribution is -3.00. The van der Waals surface area contributed by atoms with Crippen LogP contribution in [0.2, 0.25) is 0 Å². The number of nitrogens with zero attached hydrogens (tertiary/aromatic N) is 8. The van der Waals surface area contributed by atoms with Crippen LogP contribution in [0.5, 0.6) is 5.75 Å². The first-order chi connectivity index (χ1) is 39.0. The van der Waals surface area contributed by atoms with E-state index < -0.39 is 22.1 Å². The summed E-state index contributed by atoms with van der Waals surface area (Å²) in [5.74, 6) is -1.32. The minimum Gasteiger partial charge on any atom is -1.00 e. The highest BCUT2D eigenvalue weighted by atomic mass is 35.5. The van der Waals surface area contributed by atoms with Crippen molar-refractivity contribution in [2.45, 2.75) is 13.8 Å². The first-order valence-corrected chi connectivity index (χ1v) is 26.8. The van der Waals surface area contributed by atoms with Gasteiger partial charge in [0.2, 0.25) is 5.69 Å². The fraction of sp³-hybridized carbons (Fsp3) is 0.161. The molecule has 4 N–H and O–H groups in total. The van der Waals surface area contributed by atoms with Crippen LogP contribution >= 0.6 is 0 Å². The van der Waals surface area contributed by atoms with Crippen molar-refractivity contribution < 1.29 is 73.2 Å². The first kappa shape index (κ1) is 71.4. The van der Waals surface area contributed by atoms with Gasteiger partial charge in [-0.3, -0.25) is 10.0 Å². The van der Waals surface area contributed by atoms with Crippen molar-refractivity contribution in [3.05, 3.63) is 235 Å². The minimum absolute atomic E-state index is 0. The number of pyridine rings is 4. The van der Waals surface area contributed by atoms with Crippen molar-refractivity contribution in [1.82, 2.24) is 0 Å². The van der Waals surface area contributed by atoms with Gasteiger partial charge in [-0.1, -0.05) is 54.6 Å². The normalized spacial score (nSPS) is 10.3. The minimum atomic E-state index is -3.72. The predicted molar refractivity (Wildman–Crippen MR) is 319 cm³/mol. The quantitative estimate of drug-likeness (QED) is 0.0575. The fourth-order valence-electron chi connectivity index (χ4n) is 6.00. The molecule has 0 amide bonds. The molecule has 0 spiro atoms. The zero-order valence-corrected chi connectivity index (χ0v) is 49.8. The number of benzene rings is 4. The Morgan fingerprint density at radius 2 is 0.831 bits per heavy atom. The Morgan fingerprint density at radius 3 is 1.18 bits per heavy atom. The Bertz CT molecular complexity index is 3270. The van der Waals surface area contributed by atoms with Crippen LogP contribution in [0, 0.1) is 0 Å². The van der Waals surface area contributed by atoms with Crippen molar-refractivity contribution in [2.24, 2.45) is 38.4 Å². The molecule has 4 aromatic heterocycles. The van der Waals surface area contributed by atoms with Crippen LogP contribution in [0.3, 0.4) is 0 Å². The molecule has 0 atom stereocenters. The lowest BCUT2D eigenvalue weighted by Gasteiger charge is -2.12. The zero-order valence-electron chi connectivity index (χ0n) is 48.2. The summed E-state index contributed by atoms with van der Waals surface area (Å²) in [6.45, 7) is 1.94. The van der Waals surface area contributed by atoms with Crippen LogP contribution in [0.1, 0.15) is 47.4 Å². The van der Waals surface area contributed by atoms with E-state index >= 15 is 0 Å². The molecule has 438 valence electrons. The summed E-state index contributed by atoms with van der Waals surface area (Å²) in [6.07, 6.45) is 26.8. The van der Waals surface area contributed by atoms with Crippen LogP contribution in [0.25, 0.3) is 24.3 Å². The predicted octanol–water partition coefficient (Wildman–Crippen LogP) is 1.25. The maximum atomic E-state index is 9.47. The zero-order chi connectivity index (χ0) is 60.9. The number of hydrogen-bond acceptors (Lipinski definition) is 15. The Labute approximate surface area is 494 Å². The molecule has 21 heteroatoms. The molecule has 8 aromatic rings. The van der Waals surface area contributed by atoms with Gasteiger partial charge in [0.1, 0.15) is 33.9 Å². The summed E-state index contributed by atoms with van der Waals surface area (Å²) in [4.78, 5) is 17.8. The maximum absolute atomic E-state index is 9.47. The third kappa shape index (κ3) is 34.2. The summed E-state index contributed by atoms with van der Waals surface area (Å²) in [5, 5.41) is 39.1. The van der Waals surface area contributed by atoms with Gasteiger partial charge < -0.3 is 58.0 Å². The number of halogens is 1. The molecule has 0 unspecified atom stereocenters. The Hall–Kier alpha value is -9.60. The van der Waals surface area contributed by atoms with Gasteiger partial charge in [0.15, 0.2) is 43.4 Å². The van der Waals surface area contributed by atoms with Gasteiger partial charge in [0.25, 0.3) is 10.1 Å². The second-order valence-corrected chi connectivity index (χ2v) is 19.0. The van der Waals surface area contributed by atoms with Crippen LogP contribution in [-0.2, 0) is 52.2 Å². The number of aliphatic carboxylic acids is 2. The Balaban J connectivity index is 0.000000512. The van der Waals surface area contributed by atoms with E-state index in [1.165, 1.54) is 11.3 Å². The number of ether oxygens (including phenoxy) is 1. The van der Waals surface area contributed by atoms with E-state index in [-0.39, 0.29) is 12.4 Å². The summed E-state index contributed by atoms with van der Waals surface area (Å²) < 4.78 is 34.8. The van der Waals surface area contributed by atoms with Crippen LogP contribution in [-0.4, -0.2) is 60.2 Å². The van der Waals surface area contributed by atoms with E-state index in [2.05, 4.69) is 61.6 Å². The van der Waals surface area contributed by atoms with Crippen molar-refractivity contribution in [2.75, 3.05) is 48.9 Å². The molecule has 83 heavy (non-hydrogen) atoms. The van der Waals surface area contributed by atoms with E-state index in [1.807, 2.05) is 261 Å². The summed E-state index contributed by atoms with van der Waals surface area (Å²) in [5.41, 5.74) is 21.7. The lowest BCUT2D eigenvalue weighted by atomic mass is 10.1. The Morgan fingerprint density at radius 1 is 0.506 bits per heavy atom. The number of aromatic nitrogens is 4.